The molecule has 0 aliphatic heterocycles. The first-order chi connectivity index (χ1) is 7.15. The molecule has 0 aromatic heterocycles. The van der Waals surface area contributed by atoms with E-state index < -0.39 is 0 Å². The van der Waals surface area contributed by atoms with Crippen molar-refractivity contribution >= 4 is 27.5 Å². The van der Waals surface area contributed by atoms with Crippen LogP contribution in [0.4, 0.5) is 4.39 Å². The topological polar surface area (TPSA) is 12.0 Å². The van der Waals surface area contributed by atoms with E-state index in [1.165, 1.54) is 6.07 Å². The SMILES string of the molecule is CCCCNCc1cc(F)c(Br)cc1Cl. The van der Waals surface area contributed by atoms with Crippen LogP contribution in [0.5, 0.6) is 0 Å². The average Bonchev–Trinajstić information content (AvgIpc) is 2.20. The Hall–Kier alpha value is -0.120. The molecule has 0 saturated carbocycles. The summed E-state index contributed by atoms with van der Waals surface area (Å²) < 4.78 is 13.6. The summed E-state index contributed by atoms with van der Waals surface area (Å²) >= 11 is 9.07. The minimum Gasteiger partial charge on any atom is -0.313 e. The van der Waals surface area contributed by atoms with Gasteiger partial charge in [-0.2, -0.15) is 0 Å². The van der Waals surface area contributed by atoms with Gasteiger partial charge in [0, 0.05) is 11.6 Å². The molecule has 0 radical (unpaired) electrons. The molecule has 0 amide bonds. The van der Waals surface area contributed by atoms with E-state index in [0.29, 0.717) is 16.0 Å². The minimum atomic E-state index is -0.272. The fraction of sp³-hybridized carbons (Fsp3) is 0.455. The first-order valence-electron chi connectivity index (χ1n) is 4.99. The second-order valence-corrected chi connectivity index (χ2v) is 4.65. The van der Waals surface area contributed by atoms with E-state index >= 15 is 0 Å². The summed E-state index contributed by atoms with van der Waals surface area (Å²) in [6.07, 6.45) is 2.27. The van der Waals surface area contributed by atoms with Crippen LogP contribution in [0.25, 0.3) is 0 Å². The first kappa shape index (κ1) is 12.9. The molecule has 1 N–H and O–H groups in total. The van der Waals surface area contributed by atoms with Gasteiger partial charge in [0.25, 0.3) is 0 Å². The van der Waals surface area contributed by atoms with Crippen LogP contribution in [-0.4, -0.2) is 6.54 Å². The van der Waals surface area contributed by atoms with Gasteiger partial charge < -0.3 is 5.32 Å². The molecule has 4 heteroatoms. The highest BCUT2D eigenvalue weighted by atomic mass is 79.9. The molecule has 1 aromatic carbocycles. The smallest absolute Gasteiger partial charge is 0.137 e. The number of hydrogen-bond acceptors (Lipinski definition) is 1. The van der Waals surface area contributed by atoms with Crippen molar-refractivity contribution < 1.29 is 4.39 Å². The van der Waals surface area contributed by atoms with E-state index in [0.717, 1.165) is 24.9 Å². The minimum absolute atomic E-state index is 0.272. The lowest BCUT2D eigenvalue weighted by atomic mass is 10.2. The molecule has 0 aliphatic rings. The Labute approximate surface area is 103 Å². The number of hydrogen-bond donors (Lipinski definition) is 1. The molecule has 0 fully saturated rings. The van der Waals surface area contributed by atoms with Gasteiger partial charge in [-0.15, -0.1) is 0 Å². The fourth-order valence-electron chi connectivity index (χ4n) is 1.22. The van der Waals surface area contributed by atoms with E-state index in [-0.39, 0.29) is 5.82 Å². The predicted molar refractivity (Wildman–Crippen MR) is 65.7 cm³/mol. The van der Waals surface area contributed by atoms with Crippen molar-refractivity contribution in [1.29, 1.82) is 0 Å². The zero-order valence-electron chi connectivity index (χ0n) is 8.62. The van der Waals surface area contributed by atoms with Gasteiger partial charge in [-0.1, -0.05) is 24.9 Å². The lowest BCUT2D eigenvalue weighted by Crippen LogP contribution is -2.14. The molecule has 0 saturated heterocycles. The van der Waals surface area contributed by atoms with E-state index in [1.807, 2.05) is 0 Å². The van der Waals surface area contributed by atoms with E-state index in [1.54, 1.807) is 6.07 Å². The number of nitrogens with one attached hydrogen (secondary N) is 1. The molecule has 0 aliphatic carbocycles. The third-order valence-corrected chi connectivity index (χ3v) is 3.07. The molecule has 0 atom stereocenters. The zero-order valence-corrected chi connectivity index (χ0v) is 11.0. The summed E-state index contributed by atoms with van der Waals surface area (Å²) in [6.45, 7) is 3.68. The molecule has 0 spiro atoms. The van der Waals surface area contributed by atoms with Crippen molar-refractivity contribution in [3.8, 4) is 0 Å². The van der Waals surface area contributed by atoms with E-state index in [9.17, 15) is 4.39 Å². The molecule has 84 valence electrons. The summed E-state index contributed by atoms with van der Waals surface area (Å²) in [4.78, 5) is 0. The maximum Gasteiger partial charge on any atom is 0.137 e. The monoisotopic (exact) mass is 293 g/mol. The van der Waals surface area contributed by atoms with Gasteiger partial charge in [0.05, 0.1) is 4.47 Å². The van der Waals surface area contributed by atoms with Gasteiger partial charge in [0.1, 0.15) is 5.82 Å². The van der Waals surface area contributed by atoms with Gasteiger partial charge in [-0.25, -0.2) is 4.39 Å². The maximum atomic E-state index is 13.2. The Kier molecular flexibility index (Phi) is 5.58. The van der Waals surface area contributed by atoms with Gasteiger partial charge >= 0.3 is 0 Å². The number of rotatable bonds is 5. The van der Waals surface area contributed by atoms with Gasteiger partial charge in [0.2, 0.25) is 0 Å². The molecular formula is C11H14BrClFN. The normalized spacial score (nSPS) is 10.7. The van der Waals surface area contributed by atoms with Crippen molar-refractivity contribution in [3.05, 3.63) is 33.0 Å². The second kappa shape index (κ2) is 6.46. The van der Waals surface area contributed by atoms with Crippen molar-refractivity contribution in [2.45, 2.75) is 26.3 Å². The van der Waals surface area contributed by atoms with E-state index in [2.05, 4.69) is 28.2 Å². The largest absolute Gasteiger partial charge is 0.313 e. The molecule has 0 unspecified atom stereocenters. The molecule has 0 bridgehead atoms. The summed E-state index contributed by atoms with van der Waals surface area (Å²) in [7, 11) is 0. The Morgan fingerprint density at radius 1 is 1.47 bits per heavy atom. The van der Waals surface area contributed by atoms with Crippen LogP contribution in [0.15, 0.2) is 16.6 Å². The van der Waals surface area contributed by atoms with Crippen LogP contribution in [0.1, 0.15) is 25.3 Å². The van der Waals surface area contributed by atoms with Crippen molar-refractivity contribution in [2.24, 2.45) is 0 Å². The number of halogens is 3. The van der Waals surface area contributed by atoms with Gasteiger partial charge in [-0.3, -0.25) is 0 Å². The van der Waals surface area contributed by atoms with Crippen LogP contribution in [0.3, 0.4) is 0 Å². The summed E-state index contributed by atoms with van der Waals surface area (Å²) in [5, 5.41) is 3.81. The molecule has 1 aromatic rings. The van der Waals surface area contributed by atoms with Gasteiger partial charge in [-0.05, 0) is 46.6 Å². The van der Waals surface area contributed by atoms with Crippen LogP contribution in [0, 0.1) is 5.82 Å². The predicted octanol–water partition coefficient (Wildman–Crippen LogP) is 4.13. The third kappa shape index (κ3) is 4.09. The van der Waals surface area contributed by atoms with Crippen molar-refractivity contribution in [3.63, 3.8) is 0 Å². The lowest BCUT2D eigenvalue weighted by molar-refractivity contribution is 0.609. The average molecular weight is 295 g/mol. The number of benzene rings is 1. The van der Waals surface area contributed by atoms with E-state index in [4.69, 9.17) is 11.6 Å². The Balaban J connectivity index is 2.57. The molecule has 1 rings (SSSR count). The zero-order chi connectivity index (χ0) is 11.3. The van der Waals surface area contributed by atoms with Crippen molar-refractivity contribution in [1.82, 2.24) is 5.32 Å². The Morgan fingerprint density at radius 2 is 2.20 bits per heavy atom. The Bertz CT molecular complexity index is 331. The van der Waals surface area contributed by atoms with Crippen molar-refractivity contribution in [2.75, 3.05) is 6.54 Å². The standard InChI is InChI=1S/C11H14BrClFN/c1-2-3-4-15-7-8-5-11(14)9(12)6-10(8)13/h5-6,15H,2-4,7H2,1H3. The summed E-state index contributed by atoms with van der Waals surface area (Å²) in [5.41, 5.74) is 0.800. The van der Waals surface area contributed by atoms with Crippen LogP contribution in [0.2, 0.25) is 5.02 Å². The quantitative estimate of drug-likeness (QED) is 0.636. The Morgan fingerprint density at radius 3 is 2.87 bits per heavy atom. The highest BCUT2D eigenvalue weighted by Gasteiger charge is 2.05. The first-order valence-corrected chi connectivity index (χ1v) is 6.16. The molecule has 1 nitrogen and oxygen atoms in total. The number of unbranched alkanes of at least 4 members (excludes halogenated alkanes) is 1. The highest BCUT2D eigenvalue weighted by Crippen LogP contribution is 2.24. The van der Waals surface area contributed by atoms with Crippen LogP contribution in [-0.2, 0) is 6.54 Å². The fourth-order valence-corrected chi connectivity index (χ4v) is 1.93. The summed E-state index contributed by atoms with van der Waals surface area (Å²) in [5.74, 6) is -0.272. The molecule has 15 heavy (non-hydrogen) atoms. The highest BCUT2D eigenvalue weighted by molar-refractivity contribution is 9.10. The molecule has 0 heterocycles. The third-order valence-electron chi connectivity index (χ3n) is 2.11. The molecular weight excluding hydrogens is 280 g/mol. The lowest BCUT2D eigenvalue weighted by Gasteiger charge is -2.07. The maximum absolute atomic E-state index is 13.2. The second-order valence-electron chi connectivity index (χ2n) is 3.39. The summed E-state index contributed by atoms with van der Waals surface area (Å²) in [6, 6.07) is 3.05. The van der Waals surface area contributed by atoms with Gasteiger partial charge in [0.15, 0.2) is 0 Å². The van der Waals surface area contributed by atoms with Crippen LogP contribution >= 0.6 is 27.5 Å². The van der Waals surface area contributed by atoms with Crippen LogP contribution < -0.4 is 5.32 Å².